The molecule has 0 saturated heterocycles. The third kappa shape index (κ3) is 2.35. The number of primary sulfonamides is 1. The van der Waals surface area contributed by atoms with Gasteiger partial charge in [0.1, 0.15) is 0 Å². The average Bonchev–Trinajstić information content (AvgIpc) is 2.80. The average molecular weight is 289 g/mol. The molecule has 6 heteroatoms. The lowest BCUT2D eigenvalue weighted by Crippen LogP contribution is -2.17. The van der Waals surface area contributed by atoms with Gasteiger partial charge in [-0.05, 0) is 29.3 Å². The van der Waals surface area contributed by atoms with Crippen LogP contribution in [0.4, 0.5) is 11.4 Å². The molecule has 5 nitrogen and oxygen atoms in total. The van der Waals surface area contributed by atoms with Gasteiger partial charge < -0.3 is 10.6 Å². The number of rotatable bonds is 2. The van der Waals surface area contributed by atoms with Gasteiger partial charge in [0.15, 0.2) is 0 Å². The fourth-order valence-corrected chi connectivity index (χ4v) is 3.05. The second kappa shape index (κ2) is 4.50. The number of anilines is 2. The quantitative estimate of drug-likeness (QED) is 0.819. The number of nitrogens with zero attached hydrogens (tertiary/aromatic N) is 1. The summed E-state index contributed by atoms with van der Waals surface area (Å²) in [6, 6.07) is 12.8. The minimum Gasteiger partial charge on any atom is -0.399 e. The summed E-state index contributed by atoms with van der Waals surface area (Å²) in [6.45, 7) is 1.48. The van der Waals surface area contributed by atoms with Crippen LogP contribution < -0.4 is 15.8 Å². The van der Waals surface area contributed by atoms with Crippen LogP contribution in [-0.4, -0.2) is 8.42 Å². The molecule has 0 amide bonds. The van der Waals surface area contributed by atoms with E-state index in [0.717, 1.165) is 18.8 Å². The van der Waals surface area contributed by atoms with E-state index >= 15 is 0 Å². The van der Waals surface area contributed by atoms with E-state index in [1.807, 2.05) is 12.1 Å². The van der Waals surface area contributed by atoms with Crippen LogP contribution in [0, 0.1) is 0 Å². The van der Waals surface area contributed by atoms with Crippen molar-refractivity contribution in [1.82, 2.24) is 0 Å². The molecule has 2 aromatic rings. The molecular formula is C14H15N3O2S. The summed E-state index contributed by atoms with van der Waals surface area (Å²) in [4.78, 5) is 2.12. The molecule has 0 aromatic heterocycles. The molecule has 0 unspecified atom stereocenters. The van der Waals surface area contributed by atoms with E-state index in [4.69, 9.17) is 10.9 Å². The van der Waals surface area contributed by atoms with Gasteiger partial charge in [-0.1, -0.05) is 24.3 Å². The predicted octanol–water partition coefficient (Wildman–Crippen LogP) is 1.44. The summed E-state index contributed by atoms with van der Waals surface area (Å²) in [6.07, 6.45) is 0. The molecule has 0 fully saturated rings. The first-order valence-electron chi connectivity index (χ1n) is 6.18. The van der Waals surface area contributed by atoms with Gasteiger partial charge in [0.25, 0.3) is 0 Å². The van der Waals surface area contributed by atoms with Crippen LogP contribution in [-0.2, 0) is 23.1 Å². The number of fused-ring (bicyclic) bond motifs is 1. The van der Waals surface area contributed by atoms with Crippen LogP contribution in [0.1, 0.15) is 11.1 Å². The Morgan fingerprint density at radius 3 is 2.15 bits per heavy atom. The van der Waals surface area contributed by atoms with Crippen molar-refractivity contribution >= 4 is 21.4 Å². The van der Waals surface area contributed by atoms with Gasteiger partial charge in [-0.3, -0.25) is 0 Å². The Hall–Kier alpha value is -2.05. The van der Waals surface area contributed by atoms with Gasteiger partial charge in [-0.15, -0.1) is 0 Å². The Bertz CT molecular complexity index is 747. The third-order valence-electron chi connectivity index (χ3n) is 3.45. The first kappa shape index (κ1) is 13.0. The highest BCUT2D eigenvalue weighted by molar-refractivity contribution is 7.89. The van der Waals surface area contributed by atoms with Crippen LogP contribution in [0.15, 0.2) is 47.4 Å². The second-order valence-electron chi connectivity index (χ2n) is 4.93. The summed E-state index contributed by atoms with van der Waals surface area (Å²) >= 11 is 0. The molecule has 104 valence electrons. The molecule has 1 heterocycles. The number of hydrogen-bond acceptors (Lipinski definition) is 4. The SMILES string of the molecule is Nc1cc(N2Cc3ccccc3C2)cc(S(N)(=O)=O)c1. The maximum Gasteiger partial charge on any atom is 0.238 e. The van der Waals surface area contributed by atoms with Gasteiger partial charge in [0.2, 0.25) is 10.0 Å². The van der Waals surface area contributed by atoms with E-state index in [-0.39, 0.29) is 4.90 Å². The van der Waals surface area contributed by atoms with Crippen molar-refractivity contribution in [3.8, 4) is 0 Å². The largest absolute Gasteiger partial charge is 0.399 e. The van der Waals surface area contributed by atoms with Crippen molar-refractivity contribution in [2.24, 2.45) is 5.14 Å². The fourth-order valence-electron chi connectivity index (χ4n) is 2.47. The smallest absolute Gasteiger partial charge is 0.238 e. The molecule has 20 heavy (non-hydrogen) atoms. The summed E-state index contributed by atoms with van der Waals surface area (Å²) in [7, 11) is -3.75. The van der Waals surface area contributed by atoms with Crippen molar-refractivity contribution in [3.63, 3.8) is 0 Å². The Balaban J connectivity index is 1.99. The first-order chi connectivity index (χ1) is 9.43. The molecule has 0 radical (unpaired) electrons. The fraction of sp³-hybridized carbons (Fsp3) is 0.143. The summed E-state index contributed by atoms with van der Waals surface area (Å²) in [5, 5.41) is 5.18. The normalized spacial score (nSPS) is 14.3. The molecule has 1 aliphatic rings. The van der Waals surface area contributed by atoms with Crippen molar-refractivity contribution in [2.75, 3.05) is 10.6 Å². The molecule has 0 saturated carbocycles. The highest BCUT2D eigenvalue weighted by atomic mass is 32.2. The van der Waals surface area contributed by atoms with Gasteiger partial charge >= 0.3 is 0 Å². The number of hydrogen-bond donors (Lipinski definition) is 2. The maximum atomic E-state index is 11.5. The van der Waals surface area contributed by atoms with Gasteiger partial charge in [-0.25, -0.2) is 13.6 Å². The molecule has 1 aliphatic heterocycles. The third-order valence-corrected chi connectivity index (χ3v) is 4.34. The predicted molar refractivity (Wildman–Crippen MR) is 78.6 cm³/mol. The minimum atomic E-state index is -3.75. The Morgan fingerprint density at radius 2 is 1.60 bits per heavy atom. The van der Waals surface area contributed by atoms with Gasteiger partial charge in [0, 0.05) is 24.5 Å². The van der Waals surface area contributed by atoms with Crippen LogP contribution >= 0.6 is 0 Å². The molecule has 0 atom stereocenters. The van der Waals surface area contributed by atoms with E-state index < -0.39 is 10.0 Å². The molecule has 3 rings (SSSR count). The Kier molecular flexibility index (Phi) is 2.92. The zero-order chi connectivity index (χ0) is 14.3. The maximum absolute atomic E-state index is 11.5. The summed E-state index contributed by atoms with van der Waals surface area (Å²) in [5.74, 6) is 0. The van der Waals surface area contributed by atoms with Crippen LogP contribution in [0.5, 0.6) is 0 Å². The molecule has 0 aliphatic carbocycles. The van der Waals surface area contributed by atoms with Crippen molar-refractivity contribution < 1.29 is 8.42 Å². The van der Waals surface area contributed by atoms with Crippen molar-refractivity contribution in [3.05, 3.63) is 53.6 Å². The molecule has 4 N–H and O–H groups in total. The first-order valence-corrected chi connectivity index (χ1v) is 7.73. The van der Waals surface area contributed by atoms with E-state index in [1.165, 1.54) is 17.2 Å². The van der Waals surface area contributed by atoms with E-state index in [2.05, 4.69) is 17.0 Å². The number of nitrogens with two attached hydrogens (primary N) is 2. The number of benzene rings is 2. The summed E-state index contributed by atoms with van der Waals surface area (Å²) < 4.78 is 22.9. The Labute approximate surface area is 117 Å². The number of sulfonamides is 1. The van der Waals surface area contributed by atoms with Crippen molar-refractivity contribution in [2.45, 2.75) is 18.0 Å². The van der Waals surface area contributed by atoms with Crippen LogP contribution in [0.2, 0.25) is 0 Å². The highest BCUT2D eigenvalue weighted by Crippen LogP contribution is 2.30. The van der Waals surface area contributed by atoms with E-state index in [1.54, 1.807) is 12.1 Å². The highest BCUT2D eigenvalue weighted by Gasteiger charge is 2.20. The standard InChI is InChI=1S/C14H15N3O2S/c15-12-5-13(7-14(6-12)20(16,18)19)17-8-10-3-1-2-4-11(10)9-17/h1-7H,8-9,15H2,(H2,16,18,19). The molecule has 0 spiro atoms. The van der Waals surface area contributed by atoms with Gasteiger partial charge in [-0.2, -0.15) is 0 Å². The lowest BCUT2D eigenvalue weighted by atomic mass is 10.1. The molecule has 2 aromatic carbocycles. The van der Waals surface area contributed by atoms with Crippen LogP contribution in [0.3, 0.4) is 0 Å². The zero-order valence-corrected chi connectivity index (χ0v) is 11.6. The summed E-state index contributed by atoms with van der Waals surface area (Å²) in [5.41, 5.74) is 9.43. The Morgan fingerprint density at radius 1 is 1.00 bits per heavy atom. The molecule has 0 bridgehead atoms. The monoisotopic (exact) mass is 289 g/mol. The lowest BCUT2D eigenvalue weighted by molar-refractivity contribution is 0.598. The van der Waals surface area contributed by atoms with Crippen LogP contribution in [0.25, 0.3) is 0 Å². The minimum absolute atomic E-state index is 0.0449. The van der Waals surface area contributed by atoms with E-state index in [9.17, 15) is 8.42 Å². The second-order valence-corrected chi connectivity index (χ2v) is 6.49. The van der Waals surface area contributed by atoms with Gasteiger partial charge in [0.05, 0.1) is 4.90 Å². The molecular weight excluding hydrogens is 274 g/mol. The zero-order valence-electron chi connectivity index (χ0n) is 10.8. The van der Waals surface area contributed by atoms with Crippen molar-refractivity contribution in [1.29, 1.82) is 0 Å². The topological polar surface area (TPSA) is 89.4 Å². The lowest BCUT2D eigenvalue weighted by Gasteiger charge is -2.19. The number of nitrogen functional groups attached to an aromatic ring is 1. The van der Waals surface area contributed by atoms with E-state index in [0.29, 0.717) is 5.69 Å².